The number of hydrogen-bond donors (Lipinski definition) is 2. The highest BCUT2D eigenvalue weighted by molar-refractivity contribution is 5.98. The summed E-state index contributed by atoms with van der Waals surface area (Å²) in [6.07, 6.45) is 6.25. The van der Waals surface area contributed by atoms with Gasteiger partial charge in [0.15, 0.2) is 0 Å². The van der Waals surface area contributed by atoms with Crippen molar-refractivity contribution in [1.29, 1.82) is 0 Å². The summed E-state index contributed by atoms with van der Waals surface area (Å²) in [5, 5.41) is 20.6. The van der Waals surface area contributed by atoms with Crippen LogP contribution in [0.5, 0.6) is 11.5 Å². The van der Waals surface area contributed by atoms with Crippen molar-refractivity contribution < 1.29 is 38.9 Å². The Morgan fingerprint density at radius 2 is 1.78 bits per heavy atom. The van der Waals surface area contributed by atoms with Gasteiger partial charge < -0.3 is 19.7 Å². The summed E-state index contributed by atoms with van der Waals surface area (Å²) in [6.45, 7) is 1.74. The van der Waals surface area contributed by atoms with Crippen molar-refractivity contribution in [3.05, 3.63) is 64.2 Å². The zero-order valence-corrected chi connectivity index (χ0v) is 20.0. The van der Waals surface area contributed by atoms with Gasteiger partial charge in [-0.2, -0.15) is 0 Å². The van der Waals surface area contributed by atoms with E-state index in [2.05, 4.69) is 0 Å². The molecule has 0 radical (unpaired) electrons. The smallest absolute Gasteiger partial charge is 0.342 e. The van der Waals surface area contributed by atoms with Crippen molar-refractivity contribution in [3.8, 4) is 11.5 Å². The number of phenolic OH excluding ortho intramolecular Hbond substituents is 1. The topological polar surface area (TPSA) is 127 Å². The van der Waals surface area contributed by atoms with Crippen LogP contribution in [-0.4, -0.2) is 40.0 Å². The zero-order valence-electron chi connectivity index (χ0n) is 20.0. The highest BCUT2D eigenvalue weighted by atomic mass is 16.5. The van der Waals surface area contributed by atoms with Gasteiger partial charge in [0.25, 0.3) is 0 Å². The van der Waals surface area contributed by atoms with Crippen molar-refractivity contribution in [2.75, 3.05) is 0 Å². The van der Waals surface area contributed by atoms with Gasteiger partial charge in [0.2, 0.25) is 0 Å². The maximum atomic E-state index is 13.2. The second-order valence-electron chi connectivity index (χ2n) is 9.20. The third-order valence-electron chi connectivity index (χ3n) is 6.54. The predicted molar refractivity (Wildman–Crippen MR) is 130 cm³/mol. The van der Waals surface area contributed by atoms with E-state index in [1.54, 1.807) is 31.2 Å². The SMILES string of the molecule is C[C@H]1CCCC(=O)CCC/C=C/c2cc3c(c(O)c2C(=O)O1)[C@@H](c1ccc(C(=O)O)cc1)CC(=O)O3. The fourth-order valence-corrected chi connectivity index (χ4v) is 4.66. The number of aromatic carboxylic acids is 1. The van der Waals surface area contributed by atoms with E-state index in [9.17, 15) is 29.4 Å². The standard InChI is InChI=1S/C28H28O8/c1-16-6-5-9-20(29)8-4-2-3-7-19-14-22-25(26(31)24(19)28(34)35-16)21(15-23(30)36-22)17-10-12-18(13-11-17)27(32)33/h3,7,10-14,16,21,31H,2,4-6,8-9,15H2,1H3,(H,32,33)/b7-3+/t16-,21+/m0/s1. The van der Waals surface area contributed by atoms with Gasteiger partial charge in [-0.1, -0.05) is 24.3 Å². The molecule has 2 aliphatic rings. The Morgan fingerprint density at radius 1 is 1.06 bits per heavy atom. The van der Waals surface area contributed by atoms with E-state index < -0.39 is 29.9 Å². The molecule has 0 bridgehead atoms. The van der Waals surface area contributed by atoms with Crippen LogP contribution in [0.1, 0.15) is 95.2 Å². The molecule has 0 fully saturated rings. The van der Waals surface area contributed by atoms with E-state index in [0.29, 0.717) is 49.7 Å². The molecule has 2 aromatic rings. The van der Waals surface area contributed by atoms with E-state index in [1.807, 2.05) is 6.08 Å². The van der Waals surface area contributed by atoms with Gasteiger partial charge in [0, 0.05) is 24.3 Å². The van der Waals surface area contributed by atoms with Crippen LogP contribution < -0.4 is 4.74 Å². The molecular formula is C28H28O8. The summed E-state index contributed by atoms with van der Waals surface area (Å²) in [7, 11) is 0. The first-order valence-corrected chi connectivity index (χ1v) is 12.1. The molecule has 2 aromatic carbocycles. The number of phenols is 1. The van der Waals surface area contributed by atoms with Crippen LogP contribution in [0, 0.1) is 0 Å². The Labute approximate surface area is 208 Å². The lowest BCUT2D eigenvalue weighted by atomic mass is 9.83. The Balaban J connectivity index is 1.80. The minimum absolute atomic E-state index is 0.0184. The number of carbonyl (C=O) groups excluding carboxylic acids is 3. The molecule has 4 rings (SSSR count). The number of cyclic esters (lactones) is 1. The van der Waals surface area contributed by atoms with Crippen molar-refractivity contribution in [1.82, 2.24) is 0 Å². The van der Waals surface area contributed by atoms with Gasteiger partial charge in [0.1, 0.15) is 22.8 Å². The highest BCUT2D eigenvalue weighted by Crippen LogP contribution is 2.47. The number of benzene rings is 2. The van der Waals surface area contributed by atoms with E-state index in [1.165, 1.54) is 12.1 Å². The number of ketones is 1. The Kier molecular flexibility index (Phi) is 7.52. The summed E-state index contributed by atoms with van der Waals surface area (Å²) < 4.78 is 11.1. The maximum absolute atomic E-state index is 13.2. The first-order valence-electron chi connectivity index (χ1n) is 12.1. The molecule has 0 saturated heterocycles. The van der Waals surface area contributed by atoms with E-state index in [4.69, 9.17) is 9.47 Å². The lowest BCUT2D eigenvalue weighted by Crippen LogP contribution is -2.23. The molecule has 0 amide bonds. The number of hydrogen-bond acceptors (Lipinski definition) is 7. The number of Topliss-reactive ketones (excluding diaryl/α,β-unsaturated/α-hetero) is 1. The number of rotatable bonds is 2. The van der Waals surface area contributed by atoms with Gasteiger partial charge in [-0.15, -0.1) is 0 Å². The first-order chi connectivity index (χ1) is 17.2. The molecule has 2 atom stereocenters. The van der Waals surface area contributed by atoms with Crippen molar-refractivity contribution in [3.63, 3.8) is 0 Å². The summed E-state index contributed by atoms with van der Waals surface area (Å²) in [6, 6.07) is 7.57. The van der Waals surface area contributed by atoms with Crippen LogP contribution in [0.3, 0.4) is 0 Å². The van der Waals surface area contributed by atoms with Crippen molar-refractivity contribution >= 4 is 29.8 Å². The molecule has 8 nitrogen and oxygen atoms in total. The molecule has 0 aliphatic carbocycles. The zero-order chi connectivity index (χ0) is 25.8. The number of fused-ring (bicyclic) bond motifs is 2. The van der Waals surface area contributed by atoms with Gasteiger partial charge in [-0.25, -0.2) is 9.59 Å². The molecule has 8 heteroatoms. The molecule has 0 aromatic heterocycles. The van der Waals surface area contributed by atoms with E-state index in [-0.39, 0.29) is 40.4 Å². The second-order valence-corrected chi connectivity index (χ2v) is 9.20. The Hall–Kier alpha value is -3.94. The minimum atomic E-state index is -1.08. The Bertz CT molecular complexity index is 1230. The lowest BCUT2D eigenvalue weighted by molar-refractivity contribution is -0.135. The average Bonchev–Trinajstić information content (AvgIpc) is 2.82. The molecule has 188 valence electrons. The second kappa shape index (κ2) is 10.8. The fourth-order valence-electron chi connectivity index (χ4n) is 4.66. The lowest BCUT2D eigenvalue weighted by Gasteiger charge is -2.27. The third-order valence-corrected chi connectivity index (χ3v) is 6.54. The Morgan fingerprint density at radius 3 is 2.50 bits per heavy atom. The van der Waals surface area contributed by atoms with Gasteiger partial charge in [0.05, 0.1) is 18.1 Å². The predicted octanol–water partition coefficient (Wildman–Crippen LogP) is 5.01. The monoisotopic (exact) mass is 492 g/mol. The van der Waals surface area contributed by atoms with E-state index in [0.717, 1.165) is 0 Å². The minimum Gasteiger partial charge on any atom is -0.507 e. The normalized spacial score (nSPS) is 21.9. The van der Waals surface area contributed by atoms with Gasteiger partial charge in [-0.3, -0.25) is 9.59 Å². The van der Waals surface area contributed by atoms with Crippen molar-refractivity contribution in [2.24, 2.45) is 0 Å². The van der Waals surface area contributed by atoms with Gasteiger partial charge in [-0.05, 0) is 61.9 Å². The molecule has 0 spiro atoms. The quantitative estimate of drug-likeness (QED) is 0.442. The van der Waals surface area contributed by atoms with Crippen LogP contribution in [0.4, 0.5) is 0 Å². The van der Waals surface area contributed by atoms with Crippen LogP contribution in [0.25, 0.3) is 6.08 Å². The number of allylic oxidation sites excluding steroid dienone is 1. The molecule has 2 heterocycles. The van der Waals surface area contributed by atoms with Crippen LogP contribution in [0.15, 0.2) is 36.4 Å². The van der Waals surface area contributed by atoms with Gasteiger partial charge >= 0.3 is 17.9 Å². The largest absolute Gasteiger partial charge is 0.507 e. The van der Waals surface area contributed by atoms with E-state index >= 15 is 0 Å². The van der Waals surface area contributed by atoms with Crippen molar-refractivity contribution in [2.45, 2.75) is 63.9 Å². The number of carboxylic acids is 1. The summed E-state index contributed by atoms with van der Waals surface area (Å²) in [4.78, 5) is 48.9. The molecule has 2 N–H and O–H groups in total. The molecule has 0 saturated carbocycles. The summed E-state index contributed by atoms with van der Waals surface area (Å²) >= 11 is 0. The number of carbonyl (C=O) groups is 4. The summed E-state index contributed by atoms with van der Waals surface area (Å²) in [5.41, 5.74) is 1.31. The third kappa shape index (κ3) is 5.48. The maximum Gasteiger partial charge on any atom is 0.342 e. The fraction of sp³-hybridized carbons (Fsp3) is 0.357. The number of aromatic hydroxyl groups is 1. The summed E-state index contributed by atoms with van der Waals surface area (Å²) in [5.74, 6) is -2.94. The molecule has 36 heavy (non-hydrogen) atoms. The molecule has 0 unspecified atom stereocenters. The van der Waals surface area contributed by atoms with Crippen LogP contribution in [0.2, 0.25) is 0 Å². The van der Waals surface area contributed by atoms with Crippen LogP contribution in [-0.2, 0) is 14.3 Å². The number of carboxylic acid groups (broad SMARTS) is 1. The number of ether oxygens (including phenoxy) is 2. The molecular weight excluding hydrogens is 464 g/mol. The molecule has 2 aliphatic heterocycles. The first kappa shape index (κ1) is 25.2. The van der Waals surface area contributed by atoms with Crippen LogP contribution >= 0.6 is 0 Å². The number of esters is 2. The average molecular weight is 493 g/mol. The highest BCUT2D eigenvalue weighted by Gasteiger charge is 2.35.